The van der Waals surface area contributed by atoms with Crippen molar-refractivity contribution in [3.63, 3.8) is 0 Å². The zero-order valence-electron chi connectivity index (χ0n) is 12.4. The molecule has 0 amide bonds. The first-order chi connectivity index (χ1) is 9.43. The Bertz CT molecular complexity index is 520. The lowest BCUT2D eigenvalue weighted by atomic mass is 10.0. The van der Waals surface area contributed by atoms with E-state index in [-0.39, 0.29) is 0 Å². The Kier molecular flexibility index (Phi) is 4.62. The predicted molar refractivity (Wildman–Crippen MR) is 85.2 cm³/mol. The van der Waals surface area contributed by atoms with E-state index < -0.39 is 6.10 Å². The summed E-state index contributed by atoms with van der Waals surface area (Å²) in [7, 11) is 0. The number of anilines is 1. The number of nitriles is 1. The Morgan fingerprint density at radius 1 is 1.40 bits per heavy atom. The minimum atomic E-state index is -0.512. The highest BCUT2D eigenvalue weighted by Gasteiger charge is 2.25. The van der Waals surface area contributed by atoms with Crippen LogP contribution in [0.25, 0.3) is 0 Å². The molecule has 3 nitrogen and oxygen atoms in total. The van der Waals surface area contributed by atoms with Gasteiger partial charge in [-0.25, -0.2) is 0 Å². The van der Waals surface area contributed by atoms with Gasteiger partial charge in [0.05, 0.1) is 17.7 Å². The smallest absolute Gasteiger partial charge is 0.0992 e. The third-order valence-electron chi connectivity index (χ3n) is 3.79. The molecule has 1 aliphatic rings. The molecule has 0 saturated carbocycles. The number of hydrogen-bond donors (Lipinski definition) is 1. The molecule has 4 heteroatoms. The van der Waals surface area contributed by atoms with Gasteiger partial charge in [-0.3, -0.25) is 0 Å². The molecule has 0 aromatic heterocycles. The van der Waals surface area contributed by atoms with Crippen molar-refractivity contribution in [2.45, 2.75) is 38.0 Å². The number of aliphatic hydroxyl groups excluding tert-OH is 1. The predicted octanol–water partition coefficient (Wildman–Crippen LogP) is 3.33. The van der Waals surface area contributed by atoms with Crippen LogP contribution in [0.3, 0.4) is 0 Å². The van der Waals surface area contributed by atoms with Crippen LogP contribution in [0, 0.1) is 11.3 Å². The standard InChI is InChI=1S/C16H22N2OS/c1-12(19)14-5-4-13(11-17)10-15(14)18-7-6-16(2,3)20-9-8-18/h4-5,10,12,19H,6-9H2,1-3H3/t12-/m1/s1. The summed E-state index contributed by atoms with van der Waals surface area (Å²) in [5.74, 6) is 1.07. The number of rotatable bonds is 2. The van der Waals surface area contributed by atoms with Crippen LogP contribution in [-0.2, 0) is 0 Å². The normalized spacial score (nSPS) is 20.1. The van der Waals surface area contributed by atoms with Crippen LogP contribution < -0.4 is 4.90 Å². The fourth-order valence-corrected chi connectivity index (χ4v) is 3.60. The Labute approximate surface area is 125 Å². The molecule has 0 radical (unpaired) electrons. The molecule has 1 heterocycles. The van der Waals surface area contributed by atoms with E-state index in [9.17, 15) is 5.11 Å². The summed E-state index contributed by atoms with van der Waals surface area (Å²) in [4.78, 5) is 2.31. The molecule has 1 fully saturated rings. The van der Waals surface area contributed by atoms with E-state index >= 15 is 0 Å². The number of hydrogen-bond acceptors (Lipinski definition) is 4. The van der Waals surface area contributed by atoms with Gasteiger partial charge in [0.2, 0.25) is 0 Å². The Morgan fingerprint density at radius 3 is 2.80 bits per heavy atom. The lowest BCUT2D eigenvalue weighted by Crippen LogP contribution is -2.28. The Hall–Kier alpha value is -1.18. The first-order valence-corrected chi connectivity index (χ1v) is 8.02. The number of aliphatic hydroxyl groups is 1. The van der Waals surface area contributed by atoms with E-state index in [1.165, 1.54) is 0 Å². The summed E-state index contributed by atoms with van der Waals surface area (Å²) < 4.78 is 0.298. The summed E-state index contributed by atoms with van der Waals surface area (Å²) in [6, 6.07) is 7.76. The highest BCUT2D eigenvalue weighted by Crippen LogP contribution is 2.34. The molecule has 1 atom stereocenters. The summed E-state index contributed by atoms with van der Waals surface area (Å²) in [5.41, 5.74) is 2.58. The van der Waals surface area contributed by atoms with Gasteiger partial charge in [-0.15, -0.1) is 0 Å². The molecule has 1 saturated heterocycles. The second-order valence-electron chi connectivity index (χ2n) is 5.91. The van der Waals surface area contributed by atoms with Crippen LogP contribution >= 0.6 is 11.8 Å². The molecule has 0 aliphatic carbocycles. The molecule has 1 aliphatic heterocycles. The maximum absolute atomic E-state index is 9.96. The third-order valence-corrected chi connectivity index (χ3v) is 5.16. The average Bonchev–Trinajstić information content (AvgIpc) is 2.58. The van der Waals surface area contributed by atoms with Gasteiger partial charge in [-0.2, -0.15) is 17.0 Å². The molecule has 0 bridgehead atoms. The second-order valence-corrected chi connectivity index (χ2v) is 7.71. The van der Waals surface area contributed by atoms with E-state index in [2.05, 4.69) is 24.8 Å². The monoisotopic (exact) mass is 290 g/mol. The second kappa shape index (κ2) is 6.07. The minimum absolute atomic E-state index is 0.298. The van der Waals surface area contributed by atoms with E-state index in [0.717, 1.165) is 36.5 Å². The van der Waals surface area contributed by atoms with E-state index in [1.54, 1.807) is 13.0 Å². The van der Waals surface area contributed by atoms with Gasteiger partial charge < -0.3 is 10.0 Å². The number of nitrogens with zero attached hydrogens (tertiary/aromatic N) is 2. The van der Waals surface area contributed by atoms with Crippen LogP contribution in [0.4, 0.5) is 5.69 Å². The molecule has 108 valence electrons. The quantitative estimate of drug-likeness (QED) is 0.907. The Morgan fingerprint density at radius 2 is 2.15 bits per heavy atom. The van der Waals surface area contributed by atoms with Crippen molar-refractivity contribution in [2.24, 2.45) is 0 Å². The lowest BCUT2D eigenvalue weighted by Gasteiger charge is -2.27. The molecule has 0 spiro atoms. The molecule has 1 aromatic carbocycles. The van der Waals surface area contributed by atoms with Gasteiger partial charge in [0.25, 0.3) is 0 Å². The number of thioether (sulfide) groups is 1. The maximum Gasteiger partial charge on any atom is 0.0992 e. The van der Waals surface area contributed by atoms with Gasteiger partial charge in [0.1, 0.15) is 0 Å². The molecular formula is C16H22N2OS. The van der Waals surface area contributed by atoms with Crippen LogP contribution in [0.5, 0.6) is 0 Å². The van der Waals surface area contributed by atoms with Gasteiger partial charge in [-0.05, 0) is 25.5 Å². The zero-order chi connectivity index (χ0) is 14.8. The average molecular weight is 290 g/mol. The van der Waals surface area contributed by atoms with Crippen molar-refractivity contribution in [2.75, 3.05) is 23.7 Å². The zero-order valence-corrected chi connectivity index (χ0v) is 13.2. The molecule has 0 unspecified atom stereocenters. The van der Waals surface area contributed by atoms with Crippen molar-refractivity contribution in [3.05, 3.63) is 29.3 Å². The first-order valence-electron chi connectivity index (χ1n) is 7.04. The maximum atomic E-state index is 9.96. The summed E-state index contributed by atoms with van der Waals surface area (Å²) in [6.07, 6.45) is 0.593. The van der Waals surface area contributed by atoms with Crippen molar-refractivity contribution in [1.29, 1.82) is 5.26 Å². The Balaban J connectivity index is 2.33. The first kappa shape index (κ1) is 15.2. The topological polar surface area (TPSA) is 47.3 Å². The minimum Gasteiger partial charge on any atom is -0.389 e. The molecule has 2 rings (SSSR count). The molecule has 1 aromatic rings. The molecule has 20 heavy (non-hydrogen) atoms. The SMILES string of the molecule is C[C@@H](O)c1ccc(C#N)cc1N1CCSC(C)(C)CC1. The highest BCUT2D eigenvalue weighted by atomic mass is 32.2. The molecule has 1 N–H and O–H groups in total. The van der Waals surface area contributed by atoms with Crippen LogP contribution in [0.1, 0.15) is 44.4 Å². The van der Waals surface area contributed by atoms with Crippen molar-refractivity contribution in [3.8, 4) is 6.07 Å². The largest absolute Gasteiger partial charge is 0.389 e. The van der Waals surface area contributed by atoms with E-state index in [4.69, 9.17) is 5.26 Å². The fraction of sp³-hybridized carbons (Fsp3) is 0.562. The molecular weight excluding hydrogens is 268 g/mol. The van der Waals surface area contributed by atoms with Gasteiger partial charge >= 0.3 is 0 Å². The van der Waals surface area contributed by atoms with Crippen LogP contribution in [0.2, 0.25) is 0 Å². The van der Waals surface area contributed by atoms with Crippen molar-refractivity contribution >= 4 is 17.4 Å². The van der Waals surface area contributed by atoms with Gasteiger partial charge in [-0.1, -0.05) is 19.9 Å². The number of benzene rings is 1. The third kappa shape index (κ3) is 3.47. The van der Waals surface area contributed by atoms with Crippen LogP contribution in [-0.4, -0.2) is 28.7 Å². The van der Waals surface area contributed by atoms with Crippen molar-refractivity contribution in [1.82, 2.24) is 0 Å². The highest BCUT2D eigenvalue weighted by molar-refractivity contribution is 8.00. The van der Waals surface area contributed by atoms with Gasteiger partial charge in [0.15, 0.2) is 0 Å². The van der Waals surface area contributed by atoms with E-state index in [1.807, 2.05) is 23.9 Å². The summed E-state index contributed by atoms with van der Waals surface area (Å²) in [6.45, 7) is 8.27. The van der Waals surface area contributed by atoms with E-state index in [0.29, 0.717) is 10.3 Å². The summed E-state index contributed by atoms with van der Waals surface area (Å²) >= 11 is 1.99. The lowest BCUT2D eigenvalue weighted by molar-refractivity contribution is 0.199. The van der Waals surface area contributed by atoms with Gasteiger partial charge in [0, 0.05) is 34.8 Å². The summed E-state index contributed by atoms with van der Waals surface area (Å²) in [5, 5.41) is 19.1. The van der Waals surface area contributed by atoms with Crippen LogP contribution in [0.15, 0.2) is 18.2 Å². The van der Waals surface area contributed by atoms with Crippen molar-refractivity contribution < 1.29 is 5.11 Å². The fourth-order valence-electron chi connectivity index (χ4n) is 2.50.